The standard InChI is InChI=1S/C18H21N7/c1-4-15(10-19-5-1)12-24-8-3-9-25-14-23-16(17(25)13-24)11-22-18-20-6-2-7-21-18/h1-2,4-7,10,14H,3,8-9,11-13H2,(H,20,21,22). The normalized spacial score (nSPS) is 14.7. The number of imidazole rings is 1. The van der Waals surface area contributed by atoms with E-state index >= 15 is 0 Å². The molecule has 0 bridgehead atoms. The number of aromatic nitrogens is 5. The first-order chi connectivity index (χ1) is 12.4. The summed E-state index contributed by atoms with van der Waals surface area (Å²) in [7, 11) is 0. The Kier molecular flexibility index (Phi) is 4.65. The van der Waals surface area contributed by atoms with Crippen LogP contribution in [-0.4, -0.2) is 35.9 Å². The van der Waals surface area contributed by atoms with Gasteiger partial charge in [0.15, 0.2) is 0 Å². The van der Waals surface area contributed by atoms with Crippen molar-refractivity contribution in [2.24, 2.45) is 0 Å². The second-order valence-electron chi connectivity index (χ2n) is 6.18. The number of anilines is 1. The van der Waals surface area contributed by atoms with Crippen molar-refractivity contribution in [2.45, 2.75) is 32.6 Å². The molecule has 3 aromatic heterocycles. The zero-order valence-electron chi connectivity index (χ0n) is 14.0. The fourth-order valence-electron chi connectivity index (χ4n) is 3.17. The Bertz CT molecular complexity index is 801. The topological polar surface area (TPSA) is 71.8 Å². The van der Waals surface area contributed by atoms with Crippen molar-refractivity contribution in [3.8, 4) is 0 Å². The van der Waals surface area contributed by atoms with Crippen LogP contribution in [0.2, 0.25) is 0 Å². The van der Waals surface area contributed by atoms with Gasteiger partial charge in [-0.1, -0.05) is 6.07 Å². The summed E-state index contributed by atoms with van der Waals surface area (Å²) in [5, 5.41) is 3.26. The van der Waals surface area contributed by atoms with Crippen LogP contribution in [0.15, 0.2) is 49.3 Å². The Morgan fingerprint density at radius 3 is 2.80 bits per heavy atom. The van der Waals surface area contributed by atoms with Crippen molar-refractivity contribution >= 4 is 5.95 Å². The zero-order chi connectivity index (χ0) is 16.9. The van der Waals surface area contributed by atoms with E-state index in [0.29, 0.717) is 12.5 Å². The first-order valence-corrected chi connectivity index (χ1v) is 8.53. The SMILES string of the molecule is c1cnc(NCc2ncn3c2CN(Cc2cccnc2)CCC3)nc1. The number of nitrogens with one attached hydrogen (secondary N) is 1. The highest BCUT2D eigenvalue weighted by molar-refractivity contribution is 5.26. The van der Waals surface area contributed by atoms with E-state index in [1.807, 2.05) is 30.9 Å². The second kappa shape index (κ2) is 7.40. The molecule has 25 heavy (non-hydrogen) atoms. The van der Waals surface area contributed by atoms with Crippen LogP contribution in [0.3, 0.4) is 0 Å². The number of rotatable bonds is 5. The predicted molar refractivity (Wildman–Crippen MR) is 94.6 cm³/mol. The van der Waals surface area contributed by atoms with Crippen LogP contribution in [-0.2, 0) is 26.2 Å². The highest BCUT2D eigenvalue weighted by Gasteiger charge is 2.19. The molecule has 0 aliphatic carbocycles. The molecule has 0 aromatic carbocycles. The lowest BCUT2D eigenvalue weighted by Crippen LogP contribution is -2.23. The van der Waals surface area contributed by atoms with Gasteiger partial charge in [0.25, 0.3) is 0 Å². The molecule has 7 heteroatoms. The van der Waals surface area contributed by atoms with E-state index in [1.165, 1.54) is 11.3 Å². The molecular formula is C18H21N7. The van der Waals surface area contributed by atoms with Crippen LogP contribution in [0, 0.1) is 0 Å². The summed E-state index contributed by atoms with van der Waals surface area (Å²) in [6.07, 6.45) is 10.3. The number of pyridine rings is 1. The molecule has 7 nitrogen and oxygen atoms in total. The van der Waals surface area contributed by atoms with Gasteiger partial charge in [-0.2, -0.15) is 0 Å². The molecule has 0 saturated heterocycles. The molecule has 1 aliphatic rings. The van der Waals surface area contributed by atoms with E-state index in [2.05, 4.69) is 40.8 Å². The largest absolute Gasteiger partial charge is 0.348 e. The van der Waals surface area contributed by atoms with Gasteiger partial charge in [-0.3, -0.25) is 9.88 Å². The third-order valence-electron chi connectivity index (χ3n) is 4.39. The number of aryl methyl sites for hydroxylation is 1. The molecule has 1 aliphatic heterocycles. The van der Waals surface area contributed by atoms with Crippen LogP contribution >= 0.6 is 0 Å². The van der Waals surface area contributed by atoms with Crippen LogP contribution in [0.1, 0.15) is 23.4 Å². The zero-order valence-corrected chi connectivity index (χ0v) is 14.0. The van der Waals surface area contributed by atoms with E-state index in [4.69, 9.17) is 0 Å². The minimum absolute atomic E-state index is 0.630. The summed E-state index contributed by atoms with van der Waals surface area (Å²) in [6.45, 7) is 4.52. The van der Waals surface area contributed by atoms with Gasteiger partial charge in [0.2, 0.25) is 5.95 Å². The fraction of sp³-hybridized carbons (Fsp3) is 0.333. The molecule has 4 heterocycles. The minimum Gasteiger partial charge on any atom is -0.348 e. The van der Waals surface area contributed by atoms with Gasteiger partial charge < -0.3 is 9.88 Å². The second-order valence-corrected chi connectivity index (χ2v) is 6.18. The van der Waals surface area contributed by atoms with E-state index in [9.17, 15) is 0 Å². The lowest BCUT2D eigenvalue weighted by atomic mass is 10.2. The van der Waals surface area contributed by atoms with Gasteiger partial charge in [0, 0.05) is 51.0 Å². The van der Waals surface area contributed by atoms with E-state index in [-0.39, 0.29) is 0 Å². The van der Waals surface area contributed by atoms with Crippen LogP contribution in [0.25, 0.3) is 0 Å². The minimum atomic E-state index is 0.630. The third-order valence-corrected chi connectivity index (χ3v) is 4.39. The Hall–Kier alpha value is -2.80. The van der Waals surface area contributed by atoms with Crippen molar-refractivity contribution in [2.75, 3.05) is 11.9 Å². The number of nitrogens with zero attached hydrogens (tertiary/aromatic N) is 6. The van der Waals surface area contributed by atoms with Crippen molar-refractivity contribution < 1.29 is 0 Å². The summed E-state index contributed by atoms with van der Waals surface area (Å²) in [6, 6.07) is 5.93. The average molecular weight is 335 g/mol. The maximum Gasteiger partial charge on any atom is 0.222 e. The van der Waals surface area contributed by atoms with E-state index in [0.717, 1.165) is 38.3 Å². The molecule has 0 radical (unpaired) electrons. The van der Waals surface area contributed by atoms with Gasteiger partial charge in [0.05, 0.1) is 24.3 Å². The number of hydrogen-bond donors (Lipinski definition) is 1. The summed E-state index contributed by atoms with van der Waals surface area (Å²) in [5.41, 5.74) is 3.57. The van der Waals surface area contributed by atoms with Gasteiger partial charge in [-0.15, -0.1) is 0 Å². The molecule has 1 N–H and O–H groups in total. The molecule has 3 aromatic rings. The maximum absolute atomic E-state index is 4.60. The Labute approximate surface area is 146 Å². The van der Waals surface area contributed by atoms with Gasteiger partial charge in [0.1, 0.15) is 0 Å². The van der Waals surface area contributed by atoms with Crippen molar-refractivity contribution in [3.05, 3.63) is 66.3 Å². The smallest absolute Gasteiger partial charge is 0.222 e. The summed E-state index contributed by atoms with van der Waals surface area (Å²) >= 11 is 0. The van der Waals surface area contributed by atoms with Crippen molar-refractivity contribution in [1.82, 2.24) is 29.4 Å². The Balaban J connectivity index is 1.47. The first-order valence-electron chi connectivity index (χ1n) is 8.53. The molecule has 0 amide bonds. The van der Waals surface area contributed by atoms with Gasteiger partial charge in [-0.25, -0.2) is 15.0 Å². The molecular weight excluding hydrogens is 314 g/mol. The fourth-order valence-corrected chi connectivity index (χ4v) is 3.17. The lowest BCUT2D eigenvalue weighted by molar-refractivity contribution is 0.260. The molecule has 0 saturated carbocycles. The monoisotopic (exact) mass is 335 g/mol. The predicted octanol–water partition coefficient (Wildman–Crippen LogP) is 2.09. The van der Waals surface area contributed by atoms with Crippen LogP contribution < -0.4 is 5.32 Å². The average Bonchev–Trinajstić information content (AvgIpc) is 2.92. The molecule has 0 unspecified atom stereocenters. The molecule has 4 rings (SSSR count). The Morgan fingerprint density at radius 1 is 1.04 bits per heavy atom. The first kappa shape index (κ1) is 15.7. The van der Waals surface area contributed by atoms with Crippen molar-refractivity contribution in [3.63, 3.8) is 0 Å². The lowest BCUT2D eigenvalue weighted by Gasteiger charge is -2.20. The van der Waals surface area contributed by atoms with Gasteiger partial charge >= 0.3 is 0 Å². The van der Waals surface area contributed by atoms with Crippen LogP contribution in [0.5, 0.6) is 0 Å². The number of hydrogen-bond acceptors (Lipinski definition) is 6. The molecule has 0 atom stereocenters. The summed E-state index contributed by atoms with van der Waals surface area (Å²) in [5.74, 6) is 0.630. The third kappa shape index (κ3) is 3.83. The Morgan fingerprint density at radius 2 is 1.96 bits per heavy atom. The summed E-state index contributed by atoms with van der Waals surface area (Å²) in [4.78, 5) is 19.7. The molecule has 0 spiro atoms. The molecule has 0 fully saturated rings. The van der Waals surface area contributed by atoms with Gasteiger partial charge in [-0.05, 0) is 24.1 Å². The van der Waals surface area contributed by atoms with E-state index in [1.54, 1.807) is 12.4 Å². The molecule has 128 valence electrons. The van der Waals surface area contributed by atoms with Crippen molar-refractivity contribution in [1.29, 1.82) is 0 Å². The van der Waals surface area contributed by atoms with Crippen LogP contribution in [0.4, 0.5) is 5.95 Å². The highest BCUT2D eigenvalue weighted by atomic mass is 15.2. The van der Waals surface area contributed by atoms with E-state index < -0.39 is 0 Å². The number of fused-ring (bicyclic) bond motifs is 1. The maximum atomic E-state index is 4.60. The quantitative estimate of drug-likeness (QED) is 0.770. The summed E-state index contributed by atoms with van der Waals surface area (Å²) < 4.78 is 2.27. The highest BCUT2D eigenvalue weighted by Crippen LogP contribution is 2.18.